The van der Waals surface area contributed by atoms with Crippen LogP contribution in [0.4, 0.5) is 0 Å². The van der Waals surface area contributed by atoms with Crippen molar-refractivity contribution in [3.63, 3.8) is 0 Å². The van der Waals surface area contributed by atoms with Crippen LogP contribution < -0.4 is 0 Å². The molecule has 1 aromatic heterocycles. The van der Waals surface area contributed by atoms with Gasteiger partial charge in [-0.1, -0.05) is 165 Å². The Labute approximate surface area is 360 Å². The molecule has 5 aromatic carbocycles. The summed E-state index contributed by atoms with van der Waals surface area (Å²) in [6.45, 7) is 6.93. The summed E-state index contributed by atoms with van der Waals surface area (Å²) in [5, 5.41) is 2.64. The smallest absolute Gasteiger partial charge is 0.156 e. The Bertz CT molecular complexity index is 3030. The van der Waals surface area contributed by atoms with E-state index in [0.717, 1.165) is 54.9 Å². The molecule has 6 aromatic rings. The van der Waals surface area contributed by atoms with Crippen LogP contribution in [0.25, 0.3) is 56.0 Å². The van der Waals surface area contributed by atoms with Crippen LogP contribution in [0.3, 0.4) is 0 Å². The molecule has 2 heteroatoms. The van der Waals surface area contributed by atoms with Crippen molar-refractivity contribution in [1.82, 2.24) is 9.97 Å². The maximum Gasteiger partial charge on any atom is 0.156 e. The third kappa shape index (κ3) is 6.66. The second-order valence-corrected chi connectivity index (χ2v) is 17.8. The van der Waals surface area contributed by atoms with E-state index in [1.165, 1.54) is 83.1 Å². The molecule has 0 aliphatic heterocycles. The minimum atomic E-state index is -0.0549. The van der Waals surface area contributed by atoms with E-state index in [1.54, 1.807) is 0 Å². The SMILES string of the molecule is CC1=C(C2=CC3(C)C=CC=CC3c3ccccc32)CCC(c2nc(-c3ccc(-c4cc5c(c6ccccc46)C=CCC5)c(C)c3)cc(C3C=CC=C(c4ccccc4)C3)n2)=C1. The Hall–Kier alpha value is -6.64. The number of benzene rings is 5. The molecule has 296 valence electrons. The number of aromatic nitrogens is 2. The van der Waals surface area contributed by atoms with Crippen LogP contribution in [0, 0.1) is 12.3 Å². The molecule has 0 N–H and O–H groups in total. The lowest BCUT2D eigenvalue weighted by Crippen LogP contribution is -2.26. The minimum Gasteiger partial charge on any atom is -0.233 e. The largest absolute Gasteiger partial charge is 0.233 e. The second kappa shape index (κ2) is 15.1. The Balaban J connectivity index is 1.00. The van der Waals surface area contributed by atoms with Crippen molar-refractivity contribution in [2.75, 3.05) is 0 Å². The number of fused-ring (bicyclic) bond motifs is 6. The third-order valence-corrected chi connectivity index (χ3v) is 13.9. The minimum absolute atomic E-state index is 0.0549. The summed E-state index contributed by atoms with van der Waals surface area (Å²) in [6.07, 6.45) is 30.4. The number of allylic oxidation sites excluding steroid dienone is 15. The lowest BCUT2D eigenvalue weighted by atomic mass is 9.63. The summed E-state index contributed by atoms with van der Waals surface area (Å²) in [5.74, 6) is 1.33. The fourth-order valence-electron chi connectivity index (χ4n) is 10.7. The molecule has 3 unspecified atom stereocenters. The second-order valence-electron chi connectivity index (χ2n) is 17.8. The van der Waals surface area contributed by atoms with E-state index in [-0.39, 0.29) is 11.3 Å². The van der Waals surface area contributed by atoms with Crippen LogP contribution in [0.1, 0.15) is 96.3 Å². The normalized spacial score (nSPS) is 21.4. The van der Waals surface area contributed by atoms with Gasteiger partial charge in [0.2, 0.25) is 0 Å². The molecule has 2 nitrogen and oxygen atoms in total. The van der Waals surface area contributed by atoms with E-state index in [4.69, 9.17) is 9.97 Å². The van der Waals surface area contributed by atoms with Gasteiger partial charge in [-0.3, -0.25) is 0 Å². The molecule has 0 amide bonds. The molecule has 5 aliphatic rings. The monoisotopic (exact) mass is 786 g/mol. The molecule has 0 fully saturated rings. The molecule has 0 saturated carbocycles. The van der Waals surface area contributed by atoms with Crippen molar-refractivity contribution >= 4 is 33.6 Å². The summed E-state index contributed by atoms with van der Waals surface area (Å²) < 4.78 is 0. The number of hydrogen-bond acceptors (Lipinski definition) is 2. The topological polar surface area (TPSA) is 25.8 Å². The average molecular weight is 787 g/mol. The first-order chi connectivity index (χ1) is 29.9. The van der Waals surface area contributed by atoms with Crippen molar-refractivity contribution in [3.8, 4) is 22.4 Å². The maximum absolute atomic E-state index is 5.45. The van der Waals surface area contributed by atoms with Gasteiger partial charge in [-0.15, -0.1) is 0 Å². The van der Waals surface area contributed by atoms with Gasteiger partial charge in [0, 0.05) is 22.8 Å². The molecule has 61 heavy (non-hydrogen) atoms. The van der Waals surface area contributed by atoms with Crippen LogP contribution in [0.2, 0.25) is 0 Å². The molecular weight excluding hydrogens is 737 g/mol. The van der Waals surface area contributed by atoms with E-state index in [2.05, 4.69) is 197 Å². The van der Waals surface area contributed by atoms with Gasteiger partial charge in [-0.25, -0.2) is 9.97 Å². The molecule has 11 rings (SSSR count). The lowest BCUT2D eigenvalue weighted by molar-refractivity contribution is 0.478. The zero-order valence-corrected chi connectivity index (χ0v) is 35.3. The molecule has 1 heterocycles. The summed E-state index contributed by atoms with van der Waals surface area (Å²) in [6, 6.07) is 40.4. The highest BCUT2D eigenvalue weighted by molar-refractivity contribution is 6.03. The lowest BCUT2D eigenvalue weighted by Gasteiger charge is -2.40. The number of rotatable bonds is 6. The molecule has 0 bridgehead atoms. The molecule has 3 atom stereocenters. The van der Waals surface area contributed by atoms with Crippen molar-refractivity contribution in [1.29, 1.82) is 0 Å². The zero-order chi connectivity index (χ0) is 41.1. The van der Waals surface area contributed by atoms with Crippen LogP contribution in [-0.2, 0) is 6.42 Å². The van der Waals surface area contributed by atoms with Crippen LogP contribution in [0.15, 0.2) is 181 Å². The van der Waals surface area contributed by atoms with Crippen molar-refractivity contribution in [2.24, 2.45) is 5.41 Å². The highest BCUT2D eigenvalue weighted by Gasteiger charge is 2.38. The van der Waals surface area contributed by atoms with E-state index >= 15 is 0 Å². The Morgan fingerprint density at radius 2 is 1.51 bits per heavy atom. The van der Waals surface area contributed by atoms with Gasteiger partial charge >= 0.3 is 0 Å². The average Bonchev–Trinajstić information content (AvgIpc) is 3.31. The molecular formula is C59H50N2. The van der Waals surface area contributed by atoms with Gasteiger partial charge in [0.05, 0.1) is 11.4 Å². The fourth-order valence-corrected chi connectivity index (χ4v) is 10.7. The third-order valence-electron chi connectivity index (χ3n) is 13.9. The summed E-state index contributed by atoms with van der Waals surface area (Å²) in [4.78, 5) is 10.9. The Morgan fingerprint density at radius 3 is 2.38 bits per heavy atom. The van der Waals surface area contributed by atoms with Crippen molar-refractivity contribution in [3.05, 3.63) is 226 Å². The summed E-state index contributed by atoms with van der Waals surface area (Å²) >= 11 is 0. The first-order valence-electron chi connectivity index (χ1n) is 22.1. The zero-order valence-electron chi connectivity index (χ0n) is 35.3. The fraction of sp³-hybridized carbons (Fsp3) is 0.186. The van der Waals surface area contributed by atoms with Crippen molar-refractivity contribution < 1.29 is 0 Å². The Morgan fingerprint density at radius 1 is 0.672 bits per heavy atom. The Kier molecular flexibility index (Phi) is 9.26. The highest BCUT2D eigenvalue weighted by Crippen LogP contribution is 2.52. The summed E-state index contributed by atoms with van der Waals surface area (Å²) in [7, 11) is 0. The van der Waals surface area contributed by atoms with Gasteiger partial charge in [-0.05, 0) is 147 Å². The predicted octanol–water partition coefficient (Wildman–Crippen LogP) is 15.2. The number of aryl methyl sites for hydroxylation is 2. The van der Waals surface area contributed by atoms with Gasteiger partial charge in [0.15, 0.2) is 5.82 Å². The molecule has 0 spiro atoms. The molecule has 0 radical (unpaired) electrons. The van der Waals surface area contributed by atoms with E-state index in [0.29, 0.717) is 5.92 Å². The molecule has 5 aliphatic carbocycles. The number of hydrogen-bond donors (Lipinski definition) is 0. The van der Waals surface area contributed by atoms with Crippen LogP contribution in [0.5, 0.6) is 0 Å². The van der Waals surface area contributed by atoms with E-state index in [9.17, 15) is 0 Å². The standard InChI is InChI=1S/C59H50N2/c1-38-32-44(27-29-46(38)53-35-42-18-7-8-21-48(42)49-22-9-10-23-50(49)53)57-36-56(43-20-15-19-41(34-43)40-16-5-4-6-17-40)60-58(61-57)45-28-30-47(39(2)33-45)54-37-59(3)31-14-13-26-55(59)52-25-12-11-24-51(52)54/h4-6,8-17,19-27,29,31-33,35-37,43,55H,7,18,28,30,34H2,1-3H3. The predicted molar refractivity (Wildman–Crippen MR) is 257 cm³/mol. The molecule has 0 saturated heterocycles. The quantitative estimate of drug-likeness (QED) is 0.168. The van der Waals surface area contributed by atoms with Crippen molar-refractivity contribution in [2.45, 2.75) is 64.7 Å². The van der Waals surface area contributed by atoms with Crippen LogP contribution >= 0.6 is 0 Å². The first-order valence-corrected chi connectivity index (χ1v) is 22.1. The van der Waals surface area contributed by atoms with E-state index in [1.807, 2.05) is 0 Å². The maximum atomic E-state index is 5.45. The number of nitrogens with zero attached hydrogens (tertiary/aromatic N) is 2. The van der Waals surface area contributed by atoms with Gasteiger partial charge < -0.3 is 0 Å². The van der Waals surface area contributed by atoms with Gasteiger partial charge in [0.1, 0.15) is 0 Å². The highest BCUT2D eigenvalue weighted by atomic mass is 14.9. The van der Waals surface area contributed by atoms with Gasteiger partial charge in [0.25, 0.3) is 0 Å². The van der Waals surface area contributed by atoms with E-state index < -0.39 is 0 Å². The first kappa shape index (κ1) is 37.4. The van der Waals surface area contributed by atoms with Crippen LogP contribution in [-0.4, -0.2) is 9.97 Å². The van der Waals surface area contributed by atoms with Gasteiger partial charge in [-0.2, -0.15) is 0 Å². The summed E-state index contributed by atoms with van der Waals surface area (Å²) in [5.41, 5.74) is 20.5.